The lowest BCUT2D eigenvalue weighted by Gasteiger charge is -2.44. The average Bonchev–Trinajstić information content (AvgIpc) is 3.07. The number of allylic oxidation sites excluding steroid dienone is 3. The van der Waals surface area contributed by atoms with Crippen LogP contribution in [0.2, 0.25) is 0 Å². The van der Waals surface area contributed by atoms with Gasteiger partial charge in [-0.15, -0.1) is 0 Å². The summed E-state index contributed by atoms with van der Waals surface area (Å²) in [4.78, 5) is 0. The molecule has 0 bridgehead atoms. The first kappa shape index (κ1) is 25.4. The Morgan fingerprint density at radius 2 is 1.97 bits per heavy atom. The topological polar surface area (TPSA) is 29.5 Å². The third-order valence-electron chi connectivity index (χ3n) is 8.33. The van der Waals surface area contributed by atoms with Crippen LogP contribution in [0.25, 0.3) is 0 Å². The van der Waals surface area contributed by atoms with Crippen molar-refractivity contribution in [2.75, 3.05) is 6.61 Å². The van der Waals surface area contributed by atoms with Crippen LogP contribution in [-0.4, -0.2) is 23.9 Å². The molecule has 2 heteroatoms. The largest absolute Gasteiger partial charge is 0.388 e. The summed E-state index contributed by atoms with van der Waals surface area (Å²) in [5.74, 6) is 2.17. The van der Waals surface area contributed by atoms with Gasteiger partial charge in [-0.1, -0.05) is 69.1 Å². The van der Waals surface area contributed by atoms with Gasteiger partial charge in [0.15, 0.2) is 0 Å². The van der Waals surface area contributed by atoms with Crippen LogP contribution in [0, 0.1) is 23.2 Å². The van der Waals surface area contributed by atoms with E-state index in [1.165, 1.54) is 56.9 Å². The second-order valence-electron chi connectivity index (χ2n) is 10.5. The standard InChI is InChI=1S/C28H48O2/c1-8-23(9-2)16-18-30-22(6)25-14-15-26-24(11-10-17-28(25,26)7)13-12-21(5)19-27(29)20(3)4/h12-13,22-23,25-27,29H,3,8-11,14-19H2,1-2,4-7H3/b21-12-,24-13+/t22-,25?,26?,27?,28?/m1/s1. The van der Waals surface area contributed by atoms with Crippen molar-refractivity contribution in [1.82, 2.24) is 0 Å². The molecule has 1 N–H and O–H groups in total. The van der Waals surface area contributed by atoms with E-state index in [1.807, 2.05) is 6.92 Å². The predicted octanol–water partition coefficient (Wildman–Crippen LogP) is 7.63. The molecule has 0 aromatic carbocycles. The van der Waals surface area contributed by atoms with E-state index < -0.39 is 6.10 Å². The van der Waals surface area contributed by atoms with Crippen LogP contribution in [0.1, 0.15) is 99.3 Å². The maximum Gasteiger partial charge on any atom is 0.0781 e. The predicted molar refractivity (Wildman–Crippen MR) is 130 cm³/mol. The smallest absolute Gasteiger partial charge is 0.0781 e. The molecule has 2 rings (SSSR count). The van der Waals surface area contributed by atoms with E-state index in [1.54, 1.807) is 5.57 Å². The minimum atomic E-state index is -0.426. The first-order valence-corrected chi connectivity index (χ1v) is 12.5. The number of ether oxygens (including phenoxy) is 1. The Labute approximate surface area is 186 Å². The van der Waals surface area contributed by atoms with Gasteiger partial charge in [0.05, 0.1) is 12.2 Å². The summed E-state index contributed by atoms with van der Waals surface area (Å²) >= 11 is 0. The zero-order valence-corrected chi connectivity index (χ0v) is 20.7. The van der Waals surface area contributed by atoms with Gasteiger partial charge in [-0.25, -0.2) is 0 Å². The molecule has 0 spiro atoms. The van der Waals surface area contributed by atoms with Gasteiger partial charge in [0.2, 0.25) is 0 Å². The van der Waals surface area contributed by atoms with Crippen molar-refractivity contribution < 1.29 is 9.84 Å². The molecule has 4 unspecified atom stereocenters. The summed E-state index contributed by atoms with van der Waals surface area (Å²) in [5, 5.41) is 10.1. The molecule has 0 aromatic heterocycles. The third-order valence-corrected chi connectivity index (χ3v) is 8.33. The third kappa shape index (κ3) is 6.33. The molecule has 2 nitrogen and oxygen atoms in total. The number of hydrogen-bond donors (Lipinski definition) is 1. The second-order valence-corrected chi connectivity index (χ2v) is 10.5. The Bertz CT molecular complexity index is 612. The fourth-order valence-corrected chi connectivity index (χ4v) is 6.08. The fourth-order valence-electron chi connectivity index (χ4n) is 6.08. The molecule has 0 heterocycles. The van der Waals surface area contributed by atoms with Gasteiger partial charge in [-0.3, -0.25) is 0 Å². The minimum absolute atomic E-state index is 0.358. The molecule has 0 aliphatic heterocycles. The van der Waals surface area contributed by atoms with E-state index in [2.05, 4.69) is 53.3 Å². The van der Waals surface area contributed by atoms with Crippen LogP contribution in [0.4, 0.5) is 0 Å². The molecular formula is C28H48O2. The molecule has 2 saturated carbocycles. The molecule has 172 valence electrons. The first-order valence-electron chi connectivity index (χ1n) is 12.5. The van der Waals surface area contributed by atoms with Gasteiger partial charge in [0.1, 0.15) is 0 Å². The Kier molecular flexibility index (Phi) is 9.88. The minimum Gasteiger partial charge on any atom is -0.388 e. The Hall–Kier alpha value is -0.860. The Morgan fingerprint density at radius 1 is 1.27 bits per heavy atom. The Morgan fingerprint density at radius 3 is 2.60 bits per heavy atom. The van der Waals surface area contributed by atoms with Crippen LogP contribution < -0.4 is 0 Å². The van der Waals surface area contributed by atoms with Gasteiger partial charge in [0.25, 0.3) is 0 Å². The molecule has 0 aromatic rings. The summed E-state index contributed by atoms with van der Waals surface area (Å²) in [5.41, 5.74) is 4.08. The lowest BCUT2D eigenvalue weighted by molar-refractivity contribution is -0.0291. The molecule has 0 saturated heterocycles. The summed E-state index contributed by atoms with van der Waals surface area (Å²) in [7, 11) is 0. The van der Waals surface area contributed by atoms with Crippen molar-refractivity contribution in [3.05, 3.63) is 35.5 Å². The van der Waals surface area contributed by atoms with Crippen molar-refractivity contribution in [3.63, 3.8) is 0 Å². The highest BCUT2D eigenvalue weighted by atomic mass is 16.5. The zero-order chi connectivity index (χ0) is 22.3. The van der Waals surface area contributed by atoms with Crippen molar-refractivity contribution >= 4 is 0 Å². The van der Waals surface area contributed by atoms with Gasteiger partial charge >= 0.3 is 0 Å². The number of aliphatic hydroxyl groups excluding tert-OH is 1. The number of rotatable bonds is 11. The summed E-state index contributed by atoms with van der Waals surface area (Å²) < 4.78 is 6.41. The first-order chi connectivity index (χ1) is 14.2. The molecule has 0 radical (unpaired) electrons. The van der Waals surface area contributed by atoms with Gasteiger partial charge in [0, 0.05) is 6.61 Å². The van der Waals surface area contributed by atoms with E-state index in [4.69, 9.17) is 4.74 Å². The maximum atomic E-state index is 10.1. The molecule has 5 atom stereocenters. The highest BCUT2D eigenvalue weighted by molar-refractivity contribution is 5.25. The summed E-state index contributed by atoms with van der Waals surface area (Å²) in [6, 6.07) is 0. The SMILES string of the molecule is C=C(C)C(O)C/C(C)=C\C=C1/CCCC2(C)C1CCC2[C@@H](C)OCCC(CC)CC. The number of aliphatic hydroxyl groups is 1. The maximum absolute atomic E-state index is 10.1. The molecule has 2 fully saturated rings. The van der Waals surface area contributed by atoms with E-state index in [9.17, 15) is 5.11 Å². The second kappa shape index (κ2) is 11.7. The van der Waals surface area contributed by atoms with E-state index in [-0.39, 0.29) is 0 Å². The number of fused-ring (bicyclic) bond motifs is 1. The lowest BCUT2D eigenvalue weighted by Crippen LogP contribution is -2.38. The van der Waals surface area contributed by atoms with E-state index in [0.717, 1.165) is 18.1 Å². The average molecular weight is 417 g/mol. The molecule has 2 aliphatic rings. The quantitative estimate of drug-likeness (QED) is 0.351. The van der Waals surface area contributed by atoms with Crippen LogP contribution in [0.3, 0.4) is 0 Å². The van der Waals surface area contributed by atoms with E-state index in [0.29, 0.717) is 29.8 Å². The monoisotopic (exact) mass is 416 g/mol. The number of hydrogen-bond acceptors (Lipinski definition) is 2. The van der Waals surface area contributed by atoms with E-state index >= 15 is 0 Å². The van der Waals surface area contributed by atoms with Gasteiger partial charge in [-0.05, 0) is 88.9 Å². The van der Waals surface area contributed by atoms with Gasteiger partial charge in [-0.2, -0.15) is 0 Å². The summed E-state index contributed by atoms with van der Waals surface area (Å²) in [6.45, 7) is 18.3. The van der Waals surface area contributed by atoms with Crippen LogP contribution >= 0.6 is 0 Å². The normalized spacial score (nSPS) is 30.5. The Balaban J connectivity index is 2.01. The van der Waals surface area contributed by atoms with Crippen LogP contribution in [-0.2, 0) is 4.74 Å². The van der Waals surface area contributed by atoms with Gasteiger partial charge < -0.3 is 9.84 Å². The van der Waals surface area contributed by atoms with Crippen molar-refractivity contribution in [3.8, 4) is 0 Å². The van der Waals surface area contributed by atoms with Crippen molar-refractivity contribution in [1.29, 1.82) is 0 Å². The molecule has 30 heavy (non-hydrogen) atoms. The van der Waals surface area contributed by atoms with Crippen molar-refractivity contribution in [2.24, 2.45) is 23.2 Å². The summed E-state index contributed by atoms with van der Waals surface area (Å²) in [6.07, 6.45) is 15.4. The highest BCUT2D eigenvalue weighted by Crippen LogP contribution is 2.58. The highest BCUT2D eigenvalue weighted by Gasteiger charge is 2.51. The fraction of sp³-hybridized carbons (Fsp3) is 0.786. The van der Waals surface area contributed by atoms with Crippen LogP contribution in [0.5, 0.6) is 0 Å². The van der Waals surface area contributed by atoms with Crippen molar-refractivity contribution in [2.45, 2.75) is 112 Å². The molecule has 2 aliphatic carbocycles. The lowest BCUT2D eigenvalue weighted by atomic mass is 9.62. The molecular weight excluding hydrogens is 368 g/mol. The zero-order valence-electron chi connectivity index (χ0n) is 20.7. The molecule has 0 amide bonds. The van der Waals surface area contributed by atoms with Crippen LogP contribution in [0.15, 0.2) is 35.5 Å².